The standard InChI is InChI=1S/C13H19F2NO/c1-5-10-7-11(13(4,14)15)12(6-2)16(8-10)9(3)17/h6-9,17H,5H2,1-4H3/b12-6-. The smallest absolute Gasteiger partial charge is 0.272 e. The van der Waals surface area contributed by atoms with Gasteiger partial charge in [0.2, 0.25) is 0 Å². The van der Waals surface area contributed by atoms with Gasteiger partial charge in [-0.25, -0.2) is 8.78 Å². The normalized spacial score (nSPS) is 21.4. The number of alkyl halides is 2. The number of aliphatic hydroxyl groups is 1. The number of rotatable bonds is 3. The SMILES string of the molecule is C/C=C1/C(C(C)(F)F)=CC(CC)=CN1C(C)O. The van der Waals surface area contributed by atoms with E-state index in [9.17, 15) is 13.9 Å². The fourth-order valence-electron chi connectivity index (χ4n) is 1.84. The minimum atomic E-state index is -2.91. The van der Waals surface area contributed by atoms with Crippen LogP contribution in [-0.4, -0.2) is 22.2 Å². The van der Waals surface area contributed by atoms with Crippen LogP contribution in [0.5, 0.6) is 0 Å². The van der Waals surface area contributed by atoms with Gasteiger partial charge in [-0.2, -0.15) is 0 Å². The van der Waals surface area contributed by atoms with E-state index in [2.05, 4.69) is 0 Å². The number of hydrogen-bond donors (Lipinski definition) is 1. The highest BCUT2D eigenvalue weighted by Gasteiger charge is 2.34. The molecule has 0 aliphatic carbocycles. The fourth-order valence-corrected chi connectivity index (χ4v) is 1.84. The van der Waals surface area contributed by atoms with Gasteiger partial charge in [-0.15, -0.1) is 0 Å². The van der Waals surface area contributed by atoms with Gasteiger partial charge in [0.05, 0.1) is 0 Å². The van der Waals surface area contributed by atoms with Gasteiger partial charge in [0, 0.05) is 24.4 Å². The van der Waals surface area contributed by atoms with Gasteiger partial charge >= 0.3 is 0 Å². The van der Waals surface area contributed by atoms with Gasteiger partial charge in [0.1, 0.15) is 6.23 Å². The van der Waals surface area contributed by atoms with Crippen molar-refractivity contribution >= 4 is 0 Å². The van der Waals surface area contributed by atoms with Crippen LogP contribution in [0.4, 0.5) is 8.78 Å². The second-order valence-corrected chi connectivity index (χ2v) is 4.22. The molecule has 0 spiro atoms. The Kier molecular flexibility index (Phi) is 4.09. The van der Waals surface area contributed by atoms with Crippen LogP contribution in [0.3, 0.4) is 0 Å². The molecule has 2 nitrogen and oxygen atoms in total. The molecule has 1 rings (SSSR count). The molecule has 0 radical (unpaired) electrons. The van der Waals surface area contributed by atoms with E-state index in [1.54, 1.807) is 26.1 Å². The third-order valence-corrected chi connectivity index (χ3v) is 2.75. The predicted octanol–water partition coefficient (Wildman–Crippen LogP) is 3.42. The molecule has 1 aliphatic heterocycles. The summed E-state index contributed by atoms with van der Waals surface area (Å²) in [6, 6.07) is 0. The minimum Gasteiger partial charge on any atom is -0.374 e. The molecule has 0 saturated carbocycles. The first-order valence-electron chi connectivity index (χ1n) is 5.75. The lowest BCUT2D eigenvalue weighted by molar-refractivity contribution is 0.0447. The molecule has 17 heavy (non-hydrogen) atoms. The number of nitrogens with zero attached hydrogens (tertiary/aromatic N) is 1. The molecule has 0 aromatic carbocycles. The summed E-state index contributed by atoms with van der Waals surface area (Å²) < 4.78 is 27.1. The fraction of sp³-hybridized carbons (Fsp3) is 0.538. The van der Waals surface area contributed by atoms with Gasteiger partial charge in [0.15, 0.2) is 0 Å². The van der Waals surface area contributed by atoms with E-state index in [1.807, 2.05) is 6.92 Å². The van der Waals surface area contributed by atoms with Crippen LogP contribution < -0.4 is 0 Å². The third kappa shape index (κ3) is 2.94. The van der Waals surface area contributed by atoms with Crippen molar-refractivity contribution in [2.24, 2.45) is 0 Å². The Hall–Kier alpha value is -1.16. The Balaban J connectivity index is 3.27. The zero-order chi connectivity index (χ0) is 13.2. The van der Waals surface area contributed by atoms with E-state index < -0.39 is 12.2 Å². The molecule has 1 atom stereocenters. The van der Waals surface area contributed by atoms with Gasteiger partial charge in [-0.3, -0.25) is 0 Å². The summed E-state index contributed by atoms with van der Waals surface area (Å²) in [6.07, 6.45) is 4.65. The maximum absolute atomic E-state index is 13.5. The largest absolute Gasteiger partial charge is 0.374 e. The van der Waals surface area contributed by atoms with E-state index in [0.29, 0.717) is 12.1 Å². The van der Waals surface area contributed by atoms with Crippen molar-refractivity contribution in [3.05, 3.63) is 35.2 Å². The third-order valence-electron chi connectivity index (χ3n) is 2.75. The molecule has 1 heterocycles. The highest BCUT2D eigenvalue weighted by molar-refractivity contribution is 5.45. The summed E-state index contributed by atoms with van der Waals surface area (Å²) >= 11 is 0. The molecule has 0 amide bonds. The quantitative estimate of drug-likeness (QED) is 0.821. The van der Waals surface area contributed by atoms with E-state index in [-0.39, 0.29) is 5.57 Å². The topological polar surface area (TPSA) is 23.5 Å². The molecule has 1 aliphatic rings. The van der Waals surface area contributed by atoms with Crippen LogP contribution in [0.1, 0.15) is 34.1 Å². The van der Waals surface area contributed by atoms with E-state index in [0.717, 1.165) is 12.5 Å². The zero-order valence-corrected chi connectivity index (χ0v) is 10.7. The van der Waals surface area contributed by atoms with Crippen LogP contribution in [0, 0.1) is 0 Å². The number of halogens is 2. The van der Waals surface area contributed by atoms with Crippen LogP contribution in [0.2, 0.25) is 0 Å². The number of aliphatic hydroxyl groups excluding tert-OH is 1. The van der Waals surface area contributed by atoms with Crippen LogP contribution in [0.25, 0.3) is 0 Å². The van der Waals surface area contributed by atoms with E-state index in [1.165, 1.54) is 11.0 Å². The van der Waals surface area contributed by atoms with Gasteiger partial charge in [0.25, 0.3) is 5.92 Å². The van der Waals surface area contributed by atoms with Gasteiger partial charge in [-0.05, 0) is 31.9 Å². The molecule has 0 aromatic rings. The summed E-state index contributed by atoms with van der Waals surface area (Å²) in [4.78, 5) is 1.48. The van der Waals surface area contributed by atoms with Crippen molar-refractivity contribution in [2.45, 2.75) is 46.3 Å². The molecule has 1 unspecified atom stereocenters. The first-order valence-corrected chi connectivity index (χ1v) is 5.75. The van der Waals surface area contributed by atoms with Crippen molar-refractivity contribution in [1.82, 2.24) is 4.90 Å². The summed E-state index contributed by atoms with van der Waals surface area (Å²) in [5.41, 5.74) is 1.11. The molecule has 1 N–H and O–H groups in total. The highest BCUT2D eigenvalue weighted by atomic mass is 19.3. The molecule has 0 saturated heterocycles. The van der Waals surface area contributed by atoms with Crippen molar-refractivity contribution in [1.29, 1.82) is 0 Å². The summed E-state index contributed by atoms with van der Waals surface area (Å²) in [7, 11) is 0. The van der Waals surface area contributed by atoms with Gasteiger partial charge < -0.3 is 10.0 Å². The average molecular weight is 243 g/mol. The van der Waals surface area contributed by atoms with Gasteiger partial charge in [-0.1, -0.05) is 13.0 Å². The lowest BCUT2D eigenvalue weighted by Crippen LogP contribution is -2.34. The van der Waals surface area contributed by atoms with Crippen LogP contribution in [-0.2, 0) is 0 Å². The second kappa shape index (κ2) is 5.00. The van der Waals surface area contributed by atoms with E-state index in [4.69, 9.17) is 0 Å². The van der Waals surface area contributed by atoms with E-state index >= 15 is 0 Å². The maximum atomic E-state index is 13.5. The molecule has 4 heteroatoms. The molecule has 96 valence electrons. The van der Waals surface area contributed by atoms with Crippen molar-refractivity contribution in [3.8, 4) is 0 Å². The Morgan fingerprint density at radius 2 is 2.12 bits per heavy atom. The first kappa shape index (κ1) is 13.9. The molecular formula is C13H19F2NO. The minimum absolute atomic E-state index is 0.0414. The van der Waals surface area contributed by atoms with Crippen molar-refractivity contribution < 1.29 is 13.9 Å². The van der Waals surface area contributed by atoms with Crippen molar-refractivity contribution in [2.75, 3.05) is 0 Å². The lowest BCUT2D eigenvalue weighted by Gasteiger charge is -2.34. The second-order valence-electron chi connectivity index (χ2n) is 4.22. The predicted molar refractivity (Wildman–Crippen MR) is 64.4 cm³/mol. The Labute approximate surface area is 101 Å². The Morgan fingerprint density at radius 1 is 1.53 bits per heavy atom. The summed E-state index contributed by atoms with van der Waals surface area (Å²) in [5, 5.41) is 9.64. The summed E-state index contributed by atoms with van der Waals surface area (Å²) in [5.74, 6) is -2.91. The number of allylic oxidation sites excluding steroid dienone is 4. The number of hydrogen-bond acceptors (Lipinski definition) is 2. The zero-order valence-electron chi connectivity index (χ0n) is 10.7. The Morgan fingerprint density at radius 3 is 2.47 bits per heavy atom. The average Bonchev–Trinajstić information content (AvgIpc) is 2.25. The molecule has 0 bridgehead atoms. The summed E-state index contributed by atoms with van der Waals surface area (Å²) in [6.45, 7) is 6.02. The first-order chi connectivity index (χ1) is 7.81. The van der Waals surface area contributed by atoms with Crippen molar-refractivity contribution in [3.63, 3.8) is 0 Å². The molecular weight excluding hydrogens is 224 g/mol. The Bertz CT molecular complexity index is 375. The molecule has 0 aromatic heterocycles. The lowest BCUT2D eigenvalue weighted by atomic mass is 9.97. The maximum Gasteiger partial charge on any atom is 0.272 e. The highest BCUT2D eigenvalue weighted by Crippen LogP contribution is 2.36. The molecule has 0 fully saturated rings. The van der Waals surface area contributed by atoms with Crippen LogP contribution in [0.15, 0.2) is 35.2 Å². The monoisotopic (exact) mass is 243 g/mol. The van der Waals surface area contributed by atoms with Crippen LogP contribution >= 0.6 is 0 Å².